The van der Waals surface area contributed by atoms with Crippen molar-refractivity contribution in [1.82, 2.24) is 0 Å². The predicted octanol–water partition coefficient (Wildman–Crippen LogP) is 2.58. The molecule has 1 heterocycles. The van der Waals surface area contributed by atoms with Crippen molar-refractivity contribution in [1.29, 1.82) is 0 Å². The Morgan fingerprint density at radius 1 is 1.11 bits per heavy atom. The molecular formula is C15H21NO2. The van der Waals surface area contributed by atoms with Crippen LogP contribution in [0.25, 0.3) is 0 Å². The molecule has 0 spiro atoms. The fourth-order valence-electron chi connectivity index (χ4n) is 2.89. The normalized spacial score (nSPS) is 23.4. The highest BCUT2D eigenvalue weighted by atomic mass is 16.6. The Labute approximate surface area is 108 Å². The second-order valence-corrected chi connectivity index (χ2v) is 5.49. The summed E-state index contributed by atoms with van der Waals surface area (Å²) in [5.74, 6) is 0.954. The number of para-hydroxylation sites is 1. The summed E-state index contributed by atoms with van der Waals surface area (Å²) in [4.78, 5) is 0. The monoisotopic (exact) mass is 247 g/mol. The van der Waals surface area contributed by atoms with Gasteiger partial charge in [0, 0.05) is 11.1 Å². The van der Waals surface area contributed by atoms with Gasteiger partial charge in [-0.25, -0.2) is 0 Å². The first-order valence-corrected chi connectivity index (χ1v) is 6.91. The molecule has 98 valence electrons. The third-order valence-corrected chi connectivity index (χ3v) is 4.07. The fraction of sp³-hybridized carbons (Fsp3) is 0.600. The van der Waals surface area contributed by atoms with Gasteiger partial charge >= 0.3 is 0 Å². The zero-order valence-electron chi connectivity index (χ0n) is 10.7. The summed E-state index contributed by atoms with van der Waals surface area (Å²) < 4.78 is 11.2. The van der Waals surface area contributed by atoms with E-state index in [2.05, 4.69) is 12.1 Å². The van der Waals surface area contributed by atoms with E-state index < -0.39 is 0 Å². The van der Waals surface area contributed by atoms with E-state index in [9.17, 15) is 0 Å². The summed E-state index contributed by atoms with van der Waals surface area (Å²) in [6.07, 6.45) is 6.08. The topological polar surface area (TPSA) is 44.5 Å². The Balaban J connectivity index is 1.85. The fourth-order valence-corrected chi connectivity index (χ4v) is 2.89. The number of nitrogens with two attached hydrogens (primary N) is 1. The molecule has 1 aliphatic carbocycles. The number of hydrogen-bond acceptors (Lipinski definition) is 3. The zero-order valence-corrected chi connectivity index (χ0v) is 10.7. The third-order valence-electron chi connectivity index (χ3n) is 4.07. The molecule has 2 fully saturated rings. The van der Waals surface area contributed by atoms with E-state index in [-0.39, 0.29) is 11.6 Å². The van der Waals surface area contributed by atoms with Crippen LogP contribution < -0.4 is 10.5 Å². The molecule has 3 nitrogen and oxygen atoms in total. The van der Waals surface area contributed by atoms with E-state index in [1.54, 1.807) is 0 Å². The number of hydrogen-bond donors (Lipinski definition) is 1. The molecule has 2 N–H and O–H groups in total. The predicted molar refractivity (Wildman–Crippen MR) is 70.6 cm³/mol. The van der Waals surface area contributed by atoms with Gasteiger partial charge in [0.2, 0.25) is 0 Å². The number of ether oxygens (including phenoxy) is 2. The van der Waals surface area contributed by atoms with Crippen LogP contribution in [-0.2, 0) is 10.3 Å². The lowest BCUT2D eigenvalue weighted by molar-refractivity contribution is -0.0804. The smallest absolute Gasteiger partial charge is 0.145 e. The van der Waals surface area contributed by atoms with Crippen LogP contribution in [0.3, 0.4) is 0 Å². The second kappa shape index (κ2) is 4.90. The zero-order chi connectivity index (χ0) is 12.4. The highest BCUT2D eigenvalue weighted by Gasteiger charge is 2.33. The van der Waals surface area contributed by atoms with Crippen molar-refractivity contribution in [2.45, 2.75) is 43.7 Å². The van der Waals surface area contributed by atoms with E-state index in [0.717, 1.165) is 18.6 Å². The molecule has 18 heavy (non-hydrogen) atoms. The van der Waals surface area contributed by atoms with Gasteiger partial charge < -0.3 is 15.2 Å². The van der Waals surface area contributed by atoms with Crippen LogP contribution in [-0.4, -0.2) is 19.3 Å². The molecule has 3 rings (SSSR count). The van der Waals surface area contributed by atoms with Gasteiger partial charge in [-0.15, -0.1) is 0 Å². The van der Waals surface area contributed by atoms with Crippen LogP contribution in [0.15, 0.2) is 24.3 Å². The van der Waals surface area contributed by atoms with E-state index in [0.29, 0.717) is 13.2 Å². The minimum Gasteiger partial charge on any atom is -0.485 e. The maximum atomic E-state index is 6.61. The van der Waals surface area contributed by atoms with Crippen molar-refractivity contribution in [3.8, 4) is 5.75 Å². The van der Waals surface area contributed by atoms with Gasteiger partial charge in [-0.1, -0.05) is 37.5 Å². The molecule has 0 amide bonds. The van der Waals surface area contributed by atoms with Crippen LogP contribution in [0.5, 0.6) is 5.75 Å². The Morgan fingerprint density at radius 2 is 1.83 bits per heavy atom. The average molecular weight is 247 g/mol. The molecule has 2 aliphatic rings. The molecule has 1 aliphatic heterocycles. The van der Waals surface area contributed by atoms with Gasteiger partial charge in [0.15, 0.2) is 0 Å². The first-order chi connectivity index (χ1) is 8.78. The molecule has 1 saturated heterocycles. The Hall–Kier alpha value is -1.06. The van der Waals surface area contributed by atoms with E-state index in [4.69, 9.17) is 15.2 Å². The first-order valence-electron chi connectivity index (χ1n) is 6.91. The van der Waals surface area contributed by atoms with Gasteiger partial charge in [0.1, 0.15) is 11.9 Å². The molecule has 0 unspecified atom stereocenters. The van der Waals surface area contributed by atoms with Crippen molar-refractivity contribution in [3.63, 3.8) is 0 Å². The standard InChI is InChI=1S/C15H21NO2/c16-15(8-4-1-5-9-15)13-6-2-3-7-14(13)18-12-10-17-11-12/h2-3,6-7,12H,1,4-5,8-11,16H2. The Morgan fingerprint density at radius 3 is 2.50 bits per heavy atom. The molecule has 0 atom stereocenters. The van der Waals surface area contributed by atoms with Crippen molar-refractivity contribution in [3.05, 3.63) is 29.8 Å². The molecule has 3 heteroatoms. The largest absolute Gasteiger partial charge is 0.485 e. The molecule has 1 saturated carbocycles. The highest BCUT2D eigenvalue weighted by molar-refractivity contribution is 5.39. The summed E-state index contributed by atoms with van der Waals surface area (Å²) in [5.41, 5.74) is 7.59. The summed E-state index contributed by atoms with van der Waals surface area (Å²) in [5, 5.41) is 0. The van der Waals surface area contributed by atoms with Crippen LogP contribution in [0.1, 0.15) is 37.7 Å². The molecule has 0 radical (unpaired) electrons. The lowest BCUT2D eigenvalue weighted by Crippen LogP contribution is -2.42. The van der Waals surface area contributed by atoms with Gasteiger partial charge in [-0.2, -0.15) is 0 Å². The maximum absolute atomic E-state index is 6.61. The summed E-state index contributed by atoms with van der Waals surface area (Å²) in [6.45, 7) is 1.40. The summed E-state index contributed by atoms with van der Waals surface area (Å²) in [7, 11) is 0. The lowest BCUT2D eigenvalue weighted by atomic mass is 9.77. The average Bonchev–Trinajstić information content (AvgIpc) is 2.35. The third kappa shape index (κ3) is 2.25. The van der Waals surface area contributed by atoms with E-state index >= 15 is 0 Å². The Kier molecular flexibility index (Phi) is 3.27. The van der Waals surface area contributed by atoms with Crippen molar-refractivity contribution < 1.29 is 9.47 Å². The first kappa shape index (κ1) is 12.0. The quantitative estimate of drug-likeness (QED) is 0.893. The van der Waals surface area contributed by atoms with Crippen LogP contribution in [0, 0.1) is 0 Å². The lowest BCUT2D eigenvalue weighted by Gasteiger charge is -2.36. The van der Waals surface area contributed by atoms with E-state index in [1.807, 2.05) is 12.1 Å². The van der Waals surface area contributed by atoms with Crippen LogP contribution in [0.2, 0.25) is 0 Å². The number of rotatable bonds is 3. The Bertz CT molecular complexity index is 409. The van der Waals surface area contributed by atoms with Crippen LogP contribution in [0.4, 0.5) is 0 Å². The van der Waals surface area contributed by atoms with Crippen molar-refractivity contribution in [2.24, 2.45) is 5.73 Å². The SMILES string of the molecule is NC1(c2ccccc2OC2COC2)CCCCC1. The minimum absolute atomic E-state index is 0.195. The van der Waals surface area contributed by atoms with Gasteiger partial charge in [-0.3, -0.25) is 0 Å². The maximum Gasteiger partial charge on any atom is 0.145 e. The highest BCUT2D eigenvalue weighted by Crippen LogP contribution is 2.39. The van der Waals surface area contributed by atoms with Gasteiger partial charge in [0.25, 0.3) is 0 Å². The molecule has 0 aromatic heterocycles. The van der Waals surface area contributed by atoms with Crippen LogP contribution >= 0.6 is 0 Å². The molecule has 0 bridgehead atoms. The molecular weight excluding hydrogens is 226 g/mol. The summed E-state index contributed by atoms with van der Waals surface area (Å²) in [6, 6.07) is 8.24. The second-order valence-electron chi connectivity index (χ2n) is 5.49. The molecule has 1 aromatic carbocycles. The van der Waals surface area contributed by atoms with Crippen molar-refractivity contribution >= 4 is 0 Å². The number of benzene rings is 1. The van der Waals surface area contributed by atoms with Gasteiger partial charge in [-0.05, 0) is 18.9 Å². The summed E-state index contributed by atoms with van der Waals surface area (Å²) >= 11 is 0. The van der Waals surface area contributed by atoms with Gasteiger partial charge in [0.05, 0.1) is 13.2 Å². The molecule has 1 aromatic rings. The van der Waals surface area contributed by atoms with Crippen molar-refractivity contribution in [2.75, 3.05) is 13.2 Å². The van der Waals surface area contributed by atoms with E-state index in [1.165, 1.54) is 24.8 Å². The minimum atomic E-state index is -0.195.